The number of aromatic hydroxyl groups is 1. The van der Waals surface area contributed by atoms with Crippen LogP contribution in [0.15, 0.2) is 24.3 Å². The standard InChI is InChI=1S/C17H25NO4/c1-16(21)7-10-22-17(15(16)20)5-8-18(9-6-17)12-13-3-2-4-14(19)11-13/h2-4,11,15,19-21H,5-10,12H2,1H3/t15-,16+/m0/s1. The number of hydrogen-bond acceptors (Lipinski definition) is 5. The Kier molecular flexibility index (Phi) is 4.16. The first-order valence-corrected chi connectivity index (χ1v) is 7.96. The van der Waals surface area contributed by atoms with Crippen LogP contribution in [-0.4, -0.2) is 57.2 Å². The number of piperidine rings is 1. The van der Waals surface area contributed by atoms with Crippen molar-refractivity contribution in [1.29, 1.82) is 0 Å². The summed E-state index contributed by atoms with van der Waals surface area (Å²) in [5, 5.41) is 30.4. The van der Waals surface area contributed by atoms with Crippen molar-refractivity contribution in [2.45, 2.75) is 50.0 Å². The summed E-state index contributed by atoms with van der Waals surface area (Å²) in [6, 6.07) is 7.30. The van der Waals surface area contributed by atoms with Crippen LogP contribution in [0.25, 0.3) is 0 Å². The van der Waals surface area contributed by atoms with E-state index in [1.807, 2.05) is 12.1 Å². The van der Waals surface area contributed by atoms with Crippen LogP contribution in [0, 0.1) is 0 Å². The van der Waals surface area contributed by atoms with Crippen LogP contribution in [0.1, 0.15) is 31.7 Å². The first-order chi connectivity index (χ1) is 10.4. The maximum absolute atomic E-state index is 10.5. The molecule has 5 nitrogen and oxygen atoms in total. The predicted molar refractivity (Wildman–Crippen MR) is 82.5 cm³/mol. The van der Waals surface area contributed by atoms with E-state index in [-0.39, 0.29) is 5.75 Å². The zero-order chi connectivity index (χ0) is 15.8. The van der Waals surface area contributed by atoms with Crippen molar-refractivity contribution in [2.75, 3.05) is 19.7 Å². The lowest BCUT2D eigenvalue weighted by Crippen LogP contribution is -2.64. The summed E-state index contributed by atoms with van der Waals surface area (Å²) < 4.78 is 5.90. The summed E-state index contributed by atoms with van der Waals surface area (Å²) in [5.74, 6) is 0.285. The SMILES string of the molecule is C[C@@]1(O)CCOC2(CCN(Cc3cccc(O)c3)CC2)[C@H]1O. The average molecular weight is 307 g/mol. The van der Waals surface area contributed by atoms with Gasteiger partial charge in [0, 0.05) is 26.1 Å². The van der Waals surface area contributed by atoms with Crippen LogP contribution in [0.4, 0.5) is 0 Å². The summed E-state index contributed by atoms with van der Waals surface area (Å²) in [6.45, 7) is 4.58. The lowest BCUT2D eigenvalue weighted by Gasteiger charge is -2.51. The number of phenols is 1. The van der Waals surface area contributed by atoms with Crippen molar-refractivity contribution < 1.29 is 20.1 Å². The Balaban J connectivity index is 1.62. The second-order valence-electron chi connectivity index (χ2n) is 6.87. The van der Waals surface area contributed by atoms with Crippen LogP contribution < -0.4 is 0 Å². The van der Waals surface area contributed by atoms with Crippen molar-refractivity contribution >= 4 is 0 Å². The number of aliphatic hydroxyl groups is 2. The molecule has 2 aliphatic heterocycles. The van der Waals surface area contributed by atoms with Crippen molar-refractivity contribution in [3.8, 4) is 5.75 Å². The average Bonchev–Trinajstić information content (AvgIpc) is 2.47. The van der Waals surface area contributed by atoms with Crippen LogP contribution in [0.5, 0.6) is 5.75 Å². The topological polar surface area (TPSA) is 73.2 Å². The predicted octanol–water partition coefficient (Wildman–Crippen LogP) is 1.26. The normalized spacial score (nSPS) is 32.2. The van der Waals surface area contributed by atoms with Crippen LogP contribution in [0.3, 0.4) is 0 Å². The van der Waals surface area contributed by atoms with Crippen LogP contribution >= 0.6 is 0 Å². The fourth-order valence-electron chi connectivity index (χ4n) is 3.66. The number of benzene rings is 1. The highest BCUT2D eigenvalue weighted by molar-refractivity contribution is 5.27. The van der Waals surface area contributed by atoms with Gasteiger partial charge in [-0.2, -0.15) is 0 Å². The van der Waals surface area contributed by atoms with Crippen LogP contribution in [0.2, 0.25) is 0 Å². The minimum Gasteiger partial charge on any atom is -0.508 e. The molecule has 2 aliphatic rings. The van der Waals surface area contributed by atoms with Crippen molar-refractivity contribution in [2.24, 2.45) is 0 Å². The number of phenolic OH excluding ortho intramolecular Hbond substituents is 1. The highest BCUT2D eigenvalue weighted by Crippen LogP contribution is 2.39. The molecule has 2 atom stereocenters. The first kappa shape index (κ1) is 15.7. The van der Waals surface area contributed by atoms with Gasteiger partial charge in [-0.15, -0.1) is 0 Å². The number of likely N-dealkylation sites (tertiary alicyclic amines) is 1. The van der Waals surface area contributed by atoms with E-state index in [1.54, 1.807) is 19.1 Å². The molecular weight excluding hydrogens is 282 g/mol. The van der Waals surface area contributed by atoms with Gasteiger partial charge in [-0.05, 0) is 37.5 Å². The van der Waals surface area contributed by atoms with E-state index in [1.165, 1.54) is 0 Å². The minimum absolute atomic E-state index is 0.285. The third kappa shape index (κ3) is 2.99. The monoisotopic (exact) mass is 307 g/mol. The Labute approximate surface area is 131 Å². The fourth-order valence-corrected chi connectivity index (χ4v) is 3.66. The molecule has 0 aliphatic carbocycles. The van der Waals surface area contributed by atoms with Gasteiger partial charge in [-0.1, -0.05) is 12.1 Å². The van der Waals surface area contributed by atoms with Gasteiger partial charge >= 0.3 is 0 Å². The molecule has 122 valence electrons. The quantitative estimate of drug-likeness (QED) is 0.767. The zero-order valence-corrected chi connectivity index (χ0v) is 13.0. The Morgan fingerprint density at radius 2 is 2.00 bits per heavy atom. The van der Waals surface area contributed by atoms with Gasteiger partial charge in [0.25, 0.3) is 0 Å². The lowest BCUT2D eigenvalue weighted by molar-refractivity contribution is -0.246. The molecule has 1 aromatic carbocycles. The molecule has 1 spiro atoms. The Hall–Kier alpha value is -1.14. The fraction of sp³-hybridized carbons (Fsp3) is 0.647. The maximum atomic E-state index is 10.5. The van der Waals surface area contributed by atoms with E-state index in [2.05, 4.69) is 4.90 Å². The third-order valence-corrected chi connectivity index (χ3v) is 5.10. The lowest BCUT2D eigenvalue weighted by atomic mass is 9.75. The van der Waals surface area contributed by atoms with Crippen molar-refractivity contribution in [3.05, 3.63) is 29.8 Å². The smallest absolute Gasteiger partial charge is 0.115 e. The third-order valence-electron chi connectivity index (χ3n) is 5.10. The zero-order valence-electron chi connectivity index (χ0n) is 13.0. The van der Waals surface area contributed by atoms with Gasteiger partial charge in [0.15, 0.2) is 0 Å². The van der Waals surface area contributed by atoms with Crippen LogP contribution in [-0.2, 0) is 11.3 Å². The van der Waals surface area contributed by atoms with E-state index in [9.17, 15) is 15.3 Å². The molecule has 0 radical (unpaired) electrons. The molecule has 0 saturated carbocycles. The minimum atomic E-state index is -1.06. The Morgan fingerprint density at radius 1 is 1.27 bits per heavy atom. The molecule has 3 rings (SSSR count). The van der Waals surface area contributed by atoms with Gasteiger partial charge in [0.2, 0.25) is 0 Å². The number of hydrogen-bond donors (Lipinski definition) is 3. The first-order valence-electron chi connectivity index (χ1n) is 7.96. The molecule has 0 bridgehead atoms. The molecule has 2 fully saturated rings. The summed E-state index contributed by atoms with van der Waals surface area (Å²) in [7, 11) is 0. The van der Waals surface area contributed by atoms with E-state index in [4.69, 9.17) is 4.74 Å². The van der Waals surface area contributed by atoms with Gasteiger partial charge in [0.1, 0.15) is 11.9 Å². The van der Waals surface area contributed by atoms with Crippen molar-refractivity contribution in [1.82, 2.24) is 4.90 Å². The number of ether oxygens (including phenoxy) is 1. The largest absolute Gasteiger partial charge is 0.508 e. The summed E-state index contributed by atoms with van der Waals surface area (Å²) in [6.07, 6.45) is 1.06. The maximum Gasteiger partial charge on any atom is 0.115 e. The second kappa shape index (κ2) is 5.81. The summed E-state index contributed by atoms with van der Waals surface area (Å²) in [5.41, 5.74) is -0.601. The molecule has 22 heavy (non-hydrogen) atoms. The second-order valence-corrected chi connectivity index (χ2v) is 6.87. The molecule has 3 N–H and O–H groups in total. The Morgan fingerprint density at radius 3 is 2.68 bits per heavy atom. The summed E-state index contributed by atoms with van der Waals surface area (Å²) in [4.78, 5) is 2.29. The molecule has 2 heterocycles. The van der Waals surface area contributed by atoms with Gasteiger partial charge in [-0.3, -0.25) is 4.90 Å². The number of aliphatic hydroxyl groups excluding tert-OH is 1. The molecule has 0 aromatic heterocycles. The molecule has 5 heteroatoms. The Bertz CT molecular complexity index is 523. The molecule has 0 amide bonds. The van der Waals surface area contributed by atoms with Gasteiger partial charge < -0.3 is 20.1 Å². The molecule has 2 saturated heterocycles. The molecule has 0 unspecified atom stereocenters. The highest BCUT2D eigenvalue weighted by atomic mass is 16.5. The van der Waals surface area contributed by atoms with E-state index >= 15 is 0 Å². The van der Waals surface area contributed by atoms with E-state index in [0.29, 0.717) is 25.9 Å². The van der Waals surface area contributed by atoms with Gasteiger partial charge in [-0.25, -0.2) is 0 Å². The summed E-state index contributed by atoms with van der Waals surface area (Å²) >= 11 is 0. The van der Waals surface area contributed by atoms with Gasteiger partial charge in [0.05, 0.1) is 17.8 Å². The molecular formula is C17H25NO4. The van der Waals surface area contributed by atoms with E-state index in [0.717, 1.165) is 25.2 Å². The number of nitrogens with zero attached hydrogens (tertiary/aromatic N) is 1. The molecule has 1 aromatic rings. The highest BCUT2D eigenvalue weighted by Gasteiger charge is 2.52. The van der Waals surface area contributed by atoms with E-state index < -0.39 is 17.3 Å². The van der Waals surface area contributed by atoms with Crippen molar-refractivity contribution in [3.63, 3.8) is 0 Å². The number of rotatable bonds is 2.